The number of rotatable bonds is 9. The first-order chi connectivity index (χ1) is 19.8. The fourth-order valence-electron chi connectivity index (χ4n) is 3.90. The molecule has 1 heterocycles. The molecule has 5 rings (SSSR count). The number of hydrogen-bond donors (Lipinski definition) is 2. The molecule has 0 unspecified atom stereocenters. The number of amides is 1. The van der Waals surface area contributed by atoms with Crippen LogP contribution in [0.4, 0.5) is 0 Å². The Labute approximate surface area is 236 Å². The van der Waals surface area contributed by atoms with Crippen molar-refractivity contribution in [3.63, 3.8) is 0 Å². The molecule has 9 nitrogen and oxygen atoms in total. The van der Waals surface area contributed by atoms with Gasteiger partial charge < -0.3 is 9.84 Å². The van der Waals surface area contributed by atoms with Crippen LogP contribution in [0, 0.1) is 0 Å². The lowest BCUT2D eigenvalue weighted by Crippen LogP contribution is -2.47. The third-order valence-corrected chi connectivity index (χ3v) is 7.19. The van der Waals surface area contributed by atoms with Gasteiger partial charge in [-0.25, -0.2) is 23.2 Å². The topological polar surface area (TPSA) is 125 Å². The normalized spacial score (nSPS) is 14.4. The average molecular weight is 566 g/mol. The van der Waals surface area contributed by atoms with Crippen molar-refractivity contribution in [1.82, 2.24) is 9.84 Å². The highest BCUT2D eigenvalue weighted by Gasteiger charge is 2.34. The Morgan fingerprint density at radius 1 is 0.805 bits per heavy atom. The number of carboxylic acid groups (broad SMARTS) is 1. The number of benzene rings is 4. The quantitative estimate of drug-likeness (QED) is 0.272. The fourth-order valence-corrected chi connectivity index (χ4v) is 4.90. The molecule has 0 aromatic heterocycles. The maximum Gasteiger partial charge on any atom is 0.328 e. The van der Waals surface area contributed by atoms with Gasteiger partial charge in [-0.1, -0.05) is 72.8 Å². The number of para-hydroxylation sites is 1. The van der Waals surface area contributed by atoms with Crippen LogP contribution >= 0.6 is 0 Å². The number of carboxylic acids is 1. The van der Waals surface area contributed by atoms with Gasteiger partial charge in [0.05, 0.1) is 4.90 Å². The molecule has 10 heteroatoms. The van der Waals surface area contributed by atoms with Crippen molar-refractivity contribution in [3.8, 4) is 11.5 Å². The molecular weight excluding hydrogens is 542 g/mol. The summed E-state index contributed by atoms with van der Waals surface area (Å²) < 4.78 is 32.3. The molecule has 0 saturated heterocycles. The maximum atomic E-state index is 13.4. The molecule has 2 N–H and O–H groups in total. The van der Waals surface area contributed by atoms with Crippen LogP contribution in [0.3, 0.4) is 0 Å². The predicted molar refractivity (Wildman–Crippen MR) is 154 cm³/mol. The van der Waals surface area contributed by atoms with Gasteiger partial charge in [0.2, 0.25) is 0 Å². The van der Waals surface area contributed by atoms with Crippen LogP contribution in [0.15, 0.2) is 131 Å². The number of hydrazine groups is 1. The third kappa shape index (κ3) is 6.64. The van der Waals surface area contributed by atoms with Crippen molar-refractivity contribution >= 4 is 39.9 Å². The molecule has 1 aliphatic heterocycles. The molecule has 0 bridgehead atoms. The minimum Gasteiger partial charge on any atom is -0.478 e. The van der Waals surface area contributed by atoms with E-state index >= 15 is 0 Å². The summed E-state index contributed by atoms with van der Waals surface area (Å²) in [5.41, 5.74) is 1.74. The number of hydrogen-bond acceptors (Lipinski definition) is 6. The molecule has 4 aromatic rings. The van der Waals surface area contributed by atoms with Gasteiger partial charge in [0, 0.05) is 11.6 Å². The molecule has 41 heavy (non-hydrogen) atoms. The second-order valence-electron chi connectivity index (χ2n) is 8.79. The molecule has 0 spiro atoms. The van der Waals surface area contributed by atoms with E-state index in [1.807, 2.05) is 30.3 Å². The summed E-state index contributed by atoms with van der Waals surface area (Å²) in [6, 6.07) is 30.7. The first-order valence-corrected chi connectivity index (χ1v) is 13.8. The van der Waals surface area contributed by atoms with Crippen molar-refractivity contribution in [2.24, 2.45) is 4.99 Å². The summed E-state index contributed by atoms with van der Waals surface area (Å²) in [5.74, 6) is -0.350. The van der Waals surface area contributed by atoms with Gasteiger partial charge in [0.1, 0.15) is 17.2 Å². The van der Waals surface area contributed by atoms with Gasteiger partial charge in [-0.15, -0.1) is 4.83 Å². The van der Waals surface area contributed by atoms with Gasteiger partial charge in [-0.2, -0.15) is 0 Å². The summed E-state index contributed by atoms with van der Waals surface area (Å²) >= 11 is 0. The van der Waals surface area contributed by atoms with Crippen molar-refractivity contribution in [3.05, 3.63) is 138 Å². The number of aliphatic imine (C=N–C) groups is 1. The summed E-state index contributed by atoms with van der Waals surface area (Å²) in [4.78, 5) is 30.9. The first kappa shape index (κ1) is 27.3. The van der Waals surface area contributed by atoms with E-state index < -0.39 is 21.9 Å². The molecule has 1 aliphatic rings. The molecule has 0 aliphatic carbocycles. The second-order valence-corrected chi connectivity index (χ2v) is 10.5. The Morgan fingerprint density at radius 2 is 1.39 bits per heavy atom. The van der Waals surface area contributed by atoms with E-state index in [2.05, 4.69) is 9.82 Å². The molecule has 0 fully saturated rings. The highest BCUT2D eigenvalue weighted by atomic mass is 32.2. The Balaban J connectivity index is 1.40. The summed E-state index contributed by atoms with van der Waals surface area (Å²) in [5, 5.41) is 9.70. The van der Waals surface area contributed by atoms with Crippen LogP contribution < -0.4 is 9.57 Å². The largest absolute Gasteiger partial charge is 0.478 e. The zero-order valence-corrected chi connectivity index (χ0v) is 22.2. The number of nitrogens with one attached hydrogen (secondary N) is 1. The smallest absolute Gasteiger partial charge is 0.328 e. The van der Waals surface area contributed by atoms with E-state index in [-0.39, 0.29) is 16.4 Å². The van der Waals surface area contributed by atoms with Crippen molar-refractivity contribution in [2.45, 2.75) is 4.90 Å². The van der Waals surface area contributed by atoms with Crippen LogP contribution in [0.1, 0.15) is 16.7 Å². The SMILES string of the molecule is O=C(O)C=Cc1ccc(S(=O)(=O)NN2C(=O)C(=Cc3ccc(Oc4ccccc4)cc3)N=C2c2ccccc2)cc1. The van der Waals surface area contributed by atoms with Gasteiger partial charge >= 0.3 is 5.97 Å². The standard InChI is InChI=1S/C31H23N3O6S/c35-29(36)20-15-22-13-18-27(19-14-22)41(38,39)33-34-30(24-7-3-1-4-8-24)32-28(31(34)37)21-23-11-16-26(17-12-23)40-25-9-5-2-6-10-25/h1-21,33H,(H,35,36). The fraction of sp³-hybridized carbons (Fsp3) is 0. The van der Waals surface area contributed by atoms with E-state index in [0.717, 1.165) is 11.1 Å². The van der Waals surface area contributed by atoms with Gasteiger partial charge in [0.25, 0.3) is 15.9 Å². The lowest BCUT2D eigenvalue weighted by Gasteiger charge is -2.19. The molecule has 1 amide bonds. The van der Waals surface area contributed by atoms with Crippen LogP contribution in [0.2, 0.25) is 0 Å². The van der Waals surface area contributed by atoms with Crippen molar-refractivity contribution in [1.29, 1.82) is 0 Å². The van der Waals surface area contributed by atoms with Gasteiger partial charge in [-0.3, -0.25) is 4.79 Å². The minimum absolute atomic E-state index is 0.0393. The number of carbonyl (C=O) groups is 2. The average Bonchev–Trinajstić information content (AvgIpc) is 3.28. The first-order valence-electron chi connectivity index (χ1n) is 12.4. The van der Waals surface area contributed by atoms with E-state index in [0.29, 0.717) is 28.2 Å². The van der Waals surface area contributed by atoms with Crippen LogP contribution in [0.5, 0.6) is 11.5 Å². The van der Waals surface area contributed by atoms with Crippen LogP contribution in [-0.2, 0) is 19.6 Å². The molecular formula is C31H23N3O6S. The molecule has 0 radical (unpaired) electrons. The lowest BCUT2D eigenvalue weighted by atomic mass is 10.2. The molecule has 0 saturated carbocycles. The molecule has 4 aromatic carbocycles. The van der Waals surface area contributed by atoms with Crippen molar-refractivity contribution in [2.75, 3.05) is 0 Å². The van der Waals surface area contributed by atoms with Crippen LogP contribution in [0.25, 0.3) is 12.2 Å². The number of amidine groups is 1. The zero-order valence-electron chi connectivity index (χ0n) is 21.4. The number of aliphatic carboxylic acids is 1. The molecule has 0 atom stereocenters. The summed E-state index contributed by atoms with van der Waals surface area (Å²) in [6.07, 6.45) is 3.86. The zero-order chi connectivity index (χ0) is 28.8. The van der Waals surface area contributed by atoms with Crippen molar-refractivity contribution < 1.29 is 27.9 Å². The number of nitrogens with zero attached hydrogens (tertiary/aromatic N) is 2. The number of carbonyl (C=O) groups excluding carboxylic acids is 1. The van der Waals surface area contributed by atoms with E-state index in [4.69, 9.17) is 9.84 Å². The number of ether oxygens (including phenoxy) is 1. The third-order valence-electron chi connectivity index (χ3n) is 5.87. The second kappa shape index (κ2) is 11.8. The van der Waals surface area contributed by atoms with Crippen LogP contribution in [-0.4, -0.2) is 36.2 Å². The lowest BCUT2D eigenvalue weighted by molar-refractivity contribution is -0.131. The summed E-state index contributed by atoms with van der Waals surface area (Å²) in [7, 11) is -4.21. The van der Waals surface area contributed by atoms with E-state index in [1.165, 1.54) is 30.3 Å². The Bertz CT molecular complexity index is 1770. The predicted octanol–water partition coefficient (Wildman–Crippen LogP) is 5.10. The Morgan fingerprint density at radius 3 is 2.02 bits per heavy atom. The number of sulfonamides is 1. The Kier molecular flexibility index (Phi) is 7.86. The monoisotopic (exact) mass is 565 g/mol. The Hall–Kier alpha value is -5.32. The van der Waals surface area contributed by atoms with E-state index in [1.54, 1.807) is 60.7 Å². The van der Waals surface area contributed by atoms with Gasteiger partial charge in [0.15, 0.2) is 5.84 Å². The highest BCUT2D eigenvalue weighted by molar-refractivity contribution is 7.89. The summed E-state index contributed by atoms with van der Waals surface area (Å²) in [6.45, 7) is 0. The maximum absolute atomic E-state index is 13.4. The minimum atomic E-state index is -4.21. The molecule has 204 valence electrons. The van der Waals surface area contributed by atoms with E-state index in [9.17, 15) is 18.0 Å². The highest BCUT2D eigenvalue weighted by Crippen LogP contribution is 2.25. The van der Waals surface area contributed by atoms with Gasteiger partial charge in [-0.05, 0) is 59.7 Å².